The molecule has 3 heteroatoms. The molecule has 2 atom stereocenters. The van der Waals surface area contributed by atoms with Crippen molar-refractivity contribution in [2.75, 3.05) is 5.75 Å². The summed E-state index contributed by atoms with van der Waals surface area (Å²) >= 11 is 2.02. The Kier molecular flexibility index (Phi) is 2.96. The Hall–Kier alpha value is -0.410. The lowest BCUT2D eigenvalue weighted by molar-refractivity contribution is 0.574. The van der Waals surface area contributed by atoms with E-state index in [0.717, 1.165) is 0 Å². The molecule has 2 heterocycles. The van der Waals surface area contributed by atoms with E-state index in [4.69, 9.17) is 5.73 Å². The van der Waals surface area contributed by atoms with Crippen molar-refractivity contribution in [3.05, 3.63) is 24.0 Å². The van der Waals surface area contributed by atoms with Gasteiger partial charge in [-0.2, -0.15) is 11.8 Å². The molecule has 1 aliphatic heterocycles. The summed E-state index contributed by atoms with van der Waals surface area (Å²) in [6.07, 6.45) is 5.91. The zero-order valence-electron chi connectivity index (χ0n) is 7.70. The molecule has 1 aromatic rings. The largest absolute Gasteiger partial charge is 0.364 e. The van der Waals surface area contributed by atoms with E-state index in [2.05, 4.69) is 11.1 Å². The fourth-order valence-electron chi connectivity index (χ4n) is 1.80. The van der Waals surface area contributed by atoms with Gasteiger partial charge in [-0.15, -0.1) is 0 Å². The molecular weight excluding hydrogens is 180 g/mol. The van der Waals surface area contributed by atoms with Gasteiger partial charge < -0.3 is 10.7 Å². The summed E-state index contributed by atoms with van der Waals surface area (Å²) in [5.41, 5.74) is 7.34. The number of H-pyrrole nitrogens is 1. The summed E-state index contributed by atoms with van der Waals surface area (Å²) < 4.78 is 0. The summed E-state index contributed by atoms with van der Waals surface area (Å²) in [6, 6.07) is 4.29. The smallest absolute Gasteiger partial charge is 0.0568 e. The molecule has 13 heavy (non-hydrogen) atoms. The lowest BCUT2D eigenvalue weighted by Gasteiger charge is -2.26. The maximum atomic E-state index is 6.16. The minimum absolute atomic E-state index is 0.195. The molecule has 1 saturated heterocycles. The Labute approximate surface area is 83.3 Å². The van der Waals surface area contributed by atoms with Crippen LogP contribution in [0.25, 0.3) is 0 Å². The van der Waals surface area contributed by atoms with Crippen LogP contribution < -0.4 is 5.73 Å². The minimum Gasteiger partial charge on any atom is -0.364 e. The first-order valence-electron chi connectivity index (χ1n) is 4.88. The molecule has 0 amide bonds. The van der Waals surface area contributed by atoms with Crippen molar-refractivity contribution in [1.82, 2.24) is 4.98 Å². The van der Waals surface area contributed by atoms with E-state index in [1.165, 1.54) is 30.7 Å². The van der Waals surface area contributed by atoms with E-state index >= 15 is 0 Å². The summed E-state index contributed by atoms with van der Waals surface area (Å²) in [4.78, 5) is 3.20. The number of aromatic nitrogens is 1. The van der Waals surface area contributed by atoms with Crippen LogP contribution in [0.15, 0.2) is 18.3 Å². The van der Waals surface area contributed by atoms with Crippen LogP contribution in [0.4, 0.5) is 0 Å². The molecule has 0 bridgehead atoms. The quantitative estimate of drug-likeness (QED) is 0.762. The van der Waals surface area contributed by atoms with Gasteiger partial charge in [0.25, 0.3) is 0 Å². The third-order valence-corrected chi connectivity index (χ3v) is 4.08. The first kappa shape index (κ1) is 9.16. The molecule has 2 rings (SSSR count). The predicted octanol–water partition coefficient (Wildman–Crippen LogP) is 2.30. The second-order valence-electron chi connectivity index (χ2n) is 3.56. The molecule has 0 radical (unpaired) electrons. The molecule has 1 aliphatic rings. The highest BCUT2D eigenvalue weighted by molar-refractivity contribution is 8.00. The van der Waals surface area contributed by atoms with Crippen LogP contribution in [0.2, 0.25) is 0 Å². The van der Waals surface area contributed by atoms with Crippen LogP contribution in [-0.2, 0) is 0 Å². The summed E-state index contributed by atoms with van der Waals surface area (Å²) in [5.74, 6) is 1.28. The Balaban J connectivity index is 1.99. The van der Waals surface area contributed by atoms with Gasteiger partial charge in [0.15, 0.2) is 0 Å². The predicted molar refractivity (Wildman–Crippen MR) is 57.8 cm³/mol. The molecular formula is C10H16N2S. The van der Waals surface area contributed by atoms with Gasteiger partial charge in [-0.25, -0.2) is 0 Å². The van der Waals surface area contributed by atoms with Crippen molar-refractivity contribution in [1.29, 1.82) is 0 Å². The van der Waals surface area contributed by atoms with E-state index in [-0.39, 0.29) is 6.04 Å². The average Bonchev–Trinajstić information content (AvgIpc) is 2.71. The SMILES string of the molecule is NC(c1ccc[nH]1)C1CCCCS1. The summed E-state index contributed by atoms with van der Waals surface area (Å²) in [6.45, 7) is 0. The zero-order chi connectivity index (χ0) is 9.10. The molecule has 1 fully saturated rings. The highest BCUT2D eigenvalue weighted by atomic mass is 32.2. The first-order chi connectivity index (χ1) is 6.38. The number of nitrogens with one attached hydrogen (secondary N) is 1. The van der Waals surface area contributed by atoms with E-state index in [1.807, 2.05) is 24.0 Å². The topological polar surface area (TPSA) is 41.8 Å². The lowest BCUT2D eigenvalue weighted by atomic mass is 10.1. The number of nitrogens with two attached hydrogens (primary N) is 1. The number of hydrogen-bond donors (Lipinski definition) is 2. The van der Waals surface area contributed by atoms with Crippen molar-refractivity contribution >= 4 is 11.8 Å². The van der Waals surface area contributed by atoms with Crippen molar-refractivity contribution in [3.63, 3.8) is 0 Å². The monoisotopic (exact) mass is 196 g/mol. The summed E-state index contributed by atoms with van der Waals surface area (Å²) in [5, 5.41) is 0.618. The van der Waals surface area contributed by atoms with E-state index in [1.54, 1.807) is 0 Å². The van der Waals surface area contributed by atoms with E-state index in [9.17, 15) is 0 Å². The van der Waals surface area contributed by atoms with Crippen LogP contribution in [0, 0.1) is 0 Å². The zero-order valence-corrected chi connectivity index (χ0v) is 8.52. The van der Waals surface area contributed by atoms with Crippen LogP contribution >= 0.6 is 11.8 Å². The van der Waals surface area contributed by atoms with Gasteiger partial charge >= 0.3 is 0 Å². The Morgan fingerprint density at radius 2 is 2.46 bits per heavy atom. The highest BCUT2D eigenvalue weighted by Crippen LogP contribution is 2.32. The van der Waals surface area contributed by atoms with Crippen molar-refractivity contribution < 1.29 is 0 Å². The van der Waals surface area contributed by atoms with Crippen LogP contribution in [0.1, 0.15) is 31.0 Å². The third kappa shape index (κ3) is 2.09. The minimum atomic E-state index is 0.195. The van der Waals surface area contributed by atoms with Gasteiger partial charge in [-0.1, -0.05) is 6.42 Å². The van der Waals surface area contributed by atoms with E-state index < -0.39 is 0 Å². The first-order valence-corrected chi connectivity index (χ1v) is 5.93. The molecule has 0 aromatic carbocycles. The van der Waals surface area contributed by atoms with Gasteiger partial charge in [0, 0.05) is 17.1 Å². The molecule has 0 saturated carbocycles. The standard InChI is InChI=1S/C10H16N2S/c11-10(8-4-3-6-12-8)9-5-1-2-7-13-9/h3-4,6,9-10,12H,1-2,5,7,11H2. The number of rotatable bonds is 2. The van der Waals surface area contributed by atoms with Crippen LogP contribution in [0.3, 0.4) is 0 Å². The Bertz CT molecular complexity index is 239. The van der Waals surface area contributed by atoms with Crippen LogP contribution in [-0.4, -0.2) is 16.0 Å². The normalized spacial score (nSPS) is 25.8. The summed E-state index contributed by atoms with van der Waals surface area (Å²) in [7, 11) is 0. The maximum Gasteiger partial charge on any atom is 0.0568 e. The molecule has 1 aromatic heterocycles. The fourth-order valence-corrected chi connectivity index (χ4v) is 3.16. The maximum absolute atomic E-state index is 6.16. The second kappa shape index (κ2) is 4.20. The molecule has 72 valence electrons. The molecule has 0 spiro atoms. The van der Waals surface area contributed by atoms with Gasteiger partial charge in [-0.05, 0) is 30.7 Å². The van der Waals surface area contributed by atoms with Gasteiger partial charge in [0.2, 0.25) is 0 Å². The van der Waals surface area contributed by atoms with Crippen molar-refractivity contribution in [2.24, 2.45) is 5.73 Å². The Morgan fingerprint density at radius 1 is 1.54 bits per heavy atom. The average molecular weight is 196 g/mol. The van der Waals surface area contributed by atoms with Crippen molar-refractivity contribution in [2.45, 2.75) is 30.6 Å². The van der Waals surface area contributed by atoms with E-state index in [0.29, 0.717) is 5.25 Å². The van der Waals surface area contributed by atoms with Gasteiger partial charge in [0.05, 0.1) is 6.04 Å². The molecule has 2 nitrogen and oxygen atoms in total. The highest BCUT2D eigenvalue weighted by Gasteiger charge is 2.22. The number of thioether (sulfide) groups is 1. The Morgan fingerprint density at radius 3 is 3.08 bits per heavy atom. The van der Waals surface area contributed by atoms with Gasteiger partial charge in [-0.3, -0.25) is 0 Å². The third-order valence-electron chi connectivity index (χ3n) is 2.60. The molecule has 3 N–H and O–H groups in total. The number of aromatic amines is 1. The van der Waals surface area contributed by atoms with Gasteiger partial charge in [0.1, 0.15) is 0 Å². The second-order valence-corrected chi connectivity index (χ2v) is 4.90. The molecule has 0 aliphatic carbocycles. The van der Waals surface area contributed by atoms with Crippen LogP contribution in [0.5, 0.6) is 0 Å². The molecule has 2 unspecified atom stereocenters. The fraction of sp³-hybridized carbons (Fsp3) is 0.600. The lowest BCUT2D eigenvalue weighted by Crippen LogP contribution is -2.26. The van der Waals surface area contributed by atoms with Crippen molar-refractivity contribution in [3.8, 4) is 0 Å². The number of hydrogen-bond acceptors (Lipinski definition) is 2.